The van der Waals surface area contributed by atoms with E-state index in [-0.39, 0.29) is 6.10 Å². The third-order valence-corrected chi connectivity index (χ3v) is 4.97. The summed E-state index contributed by atoms with van der Waals surface area (Å²) in [5.74, 6) is 3.68. The number of aryl methyl sites for hydroxylation is 1. The number of methoxy groups -OCH3 is 1. The summed E-state index contributed by atoms with van der Waals surface area (Å²) in [4.78, 5) is 0. The van der Waals surface area contributed by atoms with E-state index in [4.69, 9.17) is 9.47 Å². The molecule has 0 fully saturated rings. The van der Waals surface area contributed by atoms with Crippen LogP contribution in [0.4, 0.5) is 0 Å². The van der Waals surface area contributed by atoms with Gasteiger partial charge in [-0.2, -0.15) is 0 Å². The average Bonchev–Trinajstić information content (AvgIpc) is 3.18. The first-order chi connectivity index (χ1) is 11.7. The lowest BCUT2D eigenvalue weighted by Gasteiger charge is -2.23. The predicted octanol–water partition coefficient (Wildman–Crippen LogP) is 1.96. The molecule has 3 heterocycles. The minimum absolute atomic E-state index is 0.258. The Morgan fingerprint density at radius 2 is 2.33 bits per heavy atom. The molecule has 1 aromatic heterocycles. The fraction of sp³-hybridized carbons (Fsp3) is 0.556. The van der Waals surface area contributed by atoms with Crippen molar-refractivity contribution in [2.75, 3.05) is 13.7 Å². The monoisotopic (exact) mass is 328 g/mol. The van der Waals surface area contributed by atoms with E-state index in [1.165, 1.54) is 5.56 Å². The zero-order valence-electron chi connectivity index (χ0n) is 14.3. The van der Waals surface area contributed by atoms with Crippen LogP contribution in [0.25, 0.3) is 0 Å². The topological polar surface area (TPSA) is 61.2 Å². The van der Waals surface area contributed by atoms with Crippen molar-refractivity contribution in [1.29, 1.82) is 0 Å². The van der Waals surface area contributed by atoms with E-state index < -0.39 is 0 Å². The zero-order valence-corrected chi connectivity index (χ0v) is 14.3. The first-order valence-corrected chi connectivity index (χ1v) is 8.66. The largest absolute Gasteiger partial charge is 0.496 e. The molecule has 6 nitrogen and oxygen atoms in total. The normalized spacial score (nSPS) is 21.9. The Kier molecular flexibility index (Phi) is 4.14. The van der Waals surface area contributed by atoms with Gasteiger partial charge >= 0.3 is 0 Å². The van der Waals surface area contributed by atoms with Crippen LogP contribution in [0.2, 0.25) is 0 Å². The summed E-state index contributed by atoms with van der Waals surface area (Å²) in [6, 6.07) is 4.25. The highest BCUT2D eigenvalue weighted by Gasteiger charge is 2.22. The standard InChI is InChI=1S/C18H24N4O2/c1-12-5-14-6-16(23-2)15(7-17(14)24-12)9-19-8-13-3-4-18-21-20-11-22(18)10-13/h6-7,11-13,19H,3-5,8-10H2,1-2H3. The van der Waals surface area contributed by atoms with Crippen molar-refractivity contribution in [2.45, 2.75) is 45.4 Å². The van der Waals surface area contributed by atoms with Gasteiger partial charge in [-0.3, -0.25) is 0 Å². The summed E-state index contributed by atoms with van der Waals surface area (Å²) < 4.78 is 13.6. The second-order valence-corrected chi connectivity index (χ2v) is 6.84. The van der Waals surface area contributed by atoms with Crippen molar-refractivity contribution in [3.8, 4) is 11.5 Å². The van der Waals surface area contributed by atoms with Crippen LogP contribution in [-0.2, 0) is 25.9 Å². The second-order valence-electron chi connectivity index (χ2n) is 6.84. The van der Waals surface area contributed by atoms with E-state index >= 15 is 0 Å². The van der Waals surface area contributed by atoms with E-state index in [9.17, 15) is 0 Å². The zero-order chi connectivity index (χ0) is 16.5. The van der Waals surface area contributed by atoms with Gasteiger partial charge in [-0.15, -0.1) is 10.2 Å². The molecule has 0 saturated carbocycles. The van der Waals surface area contributed by atoms with Gasteiger partial charge in [0.05, 0.1) is 7.11 Å². The van der Waals surface area contributed by atoms with Crippen LogP contribution in [0.3, 0.4) is 0 Å². The van der Waals surface area contributed by atoms with Gasteiger partial charge in [0.2, 0.25) is 0 Å². The van der Waals surface area contributed by atoms with Crippen molar-refractivity contribution in [1.82, 2.24) is 20.1 Å². The first-order valence-electron chi connectivity index (χ1n) is 8.66. The lowest BCUT2D eigenvalue weighted by Crippen LogP contribution is -2.29. The van der Waals surface area contributed by atoms with Crippen LogP contribution in [-0.4, -0.2) is 34.5 Å². The molecule has 24 heavy (non-hydrogen) atoms. The lowest BCUT2D eigenvalue weighted by atomic mass is 9.99. The highest BCUT2D eigenvalue weighted by atomic mass is 16.5. The van der Waals surface area contributed by atoms with E-state index in [2.05, 4.69) is 39.1 Å². The van der Waals surface area contributed by atoms with Gasteiger partial charge in [-0.05, 0) is 37.9 Å². The van der Waals surface area contributed by atoms with Crippen LogP contribution >= 0.6 is 0 Å². The Labute approximate surface area is 142 Å². The van der Waals surface area contributed by atoms with E-state index in [0.717, 1.165) is 61.8 Å². The molecule has 2 aliphatic rings. The molecule has 0 radical (unpaired) electrons. The SMILES string of the molecule is COc1cc2c(cc1CNCC1CCc3nncn3C1)OC(C)C2. The number of nitrogens with zero attached hydrogens (tertiary/aromatic N) is 3. The van der Waals surface area contributed by atoms with Crippen molar-refractivity contribution in [2.24, 2.45) is 5.92 Å². The molecule has 4 rings (SSSR count). The number of benzene rings is 1. The van der Waals surface area contributed by atoms with Gasteiger partial charge in [0.15, 0.2) is 0 Å². The summed E-state index contributed by atoms with van der Waals surface area (Å²) in [6.07, 6.45) is 5.23. The maximum absolute atomic E-state index is 5.87. The van der Waals surface area contributed by atoms with Gasteiger partial charge < -0.3 is 19.4 Å². The summed E-state index contributed by atoms with van der Waals surface area (Å²) in [5.41, 5.74) is 2.40. The van der Waals surface area contributed by atoms with Crippen molar-refractivity contribution in [3.05, 3.63) is 35.4 Å². The number of nitrogens with one attached hydrogen (secondary N) is 1. The summed E-state index contributed by atoms with van der Waals surface area (Å²) in [5, 5.41) is 11.7. The van der Waals surface area contributed by atoms with E-state index in [1.807, 2.05) is 6.33 Å². The molecule has 0 spiro atoms. The molecule has 0 bridgehead atoms. The van der Waals surface area contributed by atoms with Gasteiger partial charge in [-0.25, -0.2) is 0 Å². The summed E-state index contributed by atoms with van der Waals surface area (Å²) in [7, 11) is 1.74. The lowest BCUT2D eigenvalue weighted by molar-refractivity contribution is 0.254. The highest BCUT2D eigenvalue weighted by molar-refractivity contribution is 5.48. The molecule has 2 aliphatic heterocycles. The molecule has 6 heteroatoms. The molecule has 2 unspecified atom stereocenters. The molecule has 2 aromatic rings. The molecule has 0 aliphatic carbocycles. The van der Waals surface area contributed by atoms with Crippen molar-refractivity contribution in [3.63, 3.8) is 0 Å². The number of fused-ring (bicyclic) bond motifs is 2. The number of aromatic nitrogens is 3. The van der Waals surface area contributed by atoms with Crippen molar-refractivity contribution >= 4 is 0 Å². The average molecular weight is 328 g/mol. The quantitative estimate of drug-likeness (QED) is 0.909. The third kappa shape index (κ3) is 2.98. The van der Waals surface area contributed by atoms with Crippen LogP contribution in [0.1, 0.15) is 30.3 Å². The van der Waals surface area contributed by atoms with Gasteiger partial charge in [0.25, 0.3) is 0 Å². The Balaban J connectivity index is 1.37. The number of hydrogen-bond donors (Lipinski definition) is 1. The smallest absolute Gasteiger partial charge is 0.132 e. The van der Waals surface area contributed by atoms with Crippen LogP contribution in [0, 0.1) is 5.92 Å². The van der Waals surface area contributed by atoms with Gasteiger partial charge in [0, 0.05) is 37.1 Å². The maximum Gasteiger partial charge on any atom is 0.132 e. The molecule has 0 saturated heterocycles. The molecule has 1 aromatic carbocycles. The van der Waals surface area contributed by atoms with Crippen LogP contribution in [0.5, 0.6) is 11.5 Å². The Hall–Kier alpha value is -2.08. The molecular formula is C18H24N4O2. The fourth-order valence-corrected chi connectivity index (χ4v) is 3.71. The number of hydrogen-bond acceptors (Lipinski definition) is 5. The van der Waals surface area contributed by atoms with Gasteiger partial charge in [0.1, 0.15) is 29.8 Å². The summed E-state index contributed by atoms with van der Waals surface area (Å²) >= 11 is 0. The fourth-order valence-electron chi connectivity index (χ4n) is 3.71. The first kappa shape index (κ1) is 15.4. The Morgan fingerprint density at radius 3 is 3.21 bits per heavy atom. The van der Waals surface area contributed by atoms with E-state index in [0.29, 0.717) is 5.92 Å². The second kappa shape index (κ2) is 6.43. The summed E-state index contributed by atoms with van der Waals surface area (Å²) in [6.45, 7) is 4.87. The third-order valence-electron chi connectivity index (χ3n) is 4.97. The van der Waals surface area contributed by atoms with Gasteiger partial charge in [-0.1, -0.05) is 0 Å². The minimum Gasteiger partial charge on any atom is -0.496 e. The van der Waals surface area contributed by atoms with Crippen LogP contribution < -0.4 is 14.8 Å². The van der Waals surface area contributed by atoms with E-state index in [1.54, 1.807) is 7.11 Å². The maximum atomic E-state index is 5.87. The number of rotatable bonds is 5. The Bertz CT molecular complexity index is 728. The Morgan fingerprint density at radius 1 is 1.42 bits per heavy atom. The molecule has 2 atom stereocenters. The molecule has 0 amide bonds. The molecule has 1 N–H and O–H groups in total. The predicted molar refractivity (Wildman–Crippen MR) is 90.3 cm³/mol. The molecule has 128 valence electrons. The van der Waals surface area contributed by atoms with Crippen molar-refractivity contribution < 1.29 is 9.47 Å². The minimum atomic E-state index is 0.258. The number of ether oxygens (including phenoxy) is 2. The molecular weight excluding hydrogens is 304 g/mol. The van der Waals surface area contributed by atoms with Crippen LogP contribution in [0.15, 0.2) is 18.5 Å². The highest BCUT2D eigenvalue weighted by Crippen LogP contribution is 2.35.